The molecule has 0 radical (unpaired) electrons. The van der Waals surface area contributed by atoms with E-state index in [4.69, 9.17) is 0 Å². The van der Waals surface area contributed by atoms with Gasteiger partial charge in [-0.1, -0.05) is 13.8 Å². The van der Waals surface area contributed by atoms with Crippen LogP contribution in [0.1, 0.15) is 44.0 Å². The maximum Gasteiger partial charge on any atom is 0.288 e. The monoisotopic (exact) mass is 294 g/mol. The molecule has 0 aliphatic heterocycles. The van der Waals surface area contributed by atoms with Crippen molar-refractivity contribution >= 4 is 17.4 Å². The van der Waals surface area contributed by atoms with Crippen LogP contribution in [0, 0.1) is 16.0 Å². The van der Waals surface area contributed by atoms with Crippen LogP contribution in [-0.2, 0) is 0 Å². The Labute approximate surface area is 124 Å². The Morgan fingerprint density at radius 2 is 2.19 bits per heavy atom. The van der Waals surface area contributed by atoms with Gasteiger partial charge in [-0.25, -0.2) is 4.98 Å². The van der Waals surface area contributed by atoms with E-state index in [9.17, 15) is 14.9 Å². The SMILES string of the molecule is CCNc1ncc([N+](=O)[O-])cc1C(=O)NCCCC(C)C. The van der Waals surface area contributed by atoms with Crippen LogP contribution in [0.4, 0.5) is 11.5 Å². The average molecular weight is 294 g/mol. The Kier molecular flexibility index (Phi) is 6.58. The molecule has 0 spiro atoms. The Balaban J connectivity index is 2.79. The summed E-state index contributed by atoms with van der Waals surface area (Å²) in [6, 6.07) is 1.25. The fourth-order valence-corrected chi connectivity index (χ4v) is 1.84. The average Bonchev–Trinajstić information content (AvgIpc) is 2.43. The molecule has 0 atom stereocenters. The van der Waals surface area contributed by atoms with E-state index in [-0.39, 0.29) is 17.2 Å². The van der Waals surface area contributed by atoms with Crippen LogP contribution in [0.5, 0.6) is 0 Å². The molecule has 0 bridgehead atoms. The number of rotatable bonds is 8. The van der Waals surface area contributed by atoms with Crippen molar-refractivity contribution in [2.24, 2.45) is 5.92 Å². The van der Waals surface area contributed by atoms with Crippen LogP contribution in [-0.4, -0.2) is 28.9 Å². The normalized spacial score (nSPS) is 10.5. The molecule has 0 aromatic carbocycles. The minimum Gasteiger partial charge on any atom is -0.370 e. The van der Waals surface area contributed by atoms with E-state index >= 15 is 0 Å². The third kappa shape index (κ3) is 5.37. The number of anilines is 1. The van der Waals surface area contributed by atoms with Crippen molar-refractivity contribution in [1.82, 2.24) is 10.3 Å². The number of hydrogen-bond acceptors (Lipinski definition) is 5. The summed E-state index contributed by atoms with van der Waals surface area (Å²) in [5.41, 5.74) is 0.0135. The highest BCUT2D eigenvalue weighted by molar-refractivity contribution is 5.99. The summed E-state index contributed by atoms with van der Waals surface area (Å²) in [6.07, 6.45) is 3.05. The number of nitrogens with zero attached hydrogens (tertiary/aromatic N) is 2. The molecule has 1 aromatic heterocycles. The quantitative estimate of drug-likeness (QED) is 0.436. The highest BCUT2D eigenvalue weighted by atomic mass is 16.6. The van der Waals surface area contributed by atoms with Crippen LogP contribution in [0.15, 0.2) is 12.3 Å². The zero-order valence-corrected chi connectivity index (χ0v) is 12.7. The van der Waals surface area contributed by atoms with Gasteiger partial charge in [0.05, 0.1) is 10.5 Å². The Morgan fingerprint density at radius 3 is 2.76 bits per heavy atom. The number of pyridine rings is 1. The number of nitro groups is 1. The number of aromatic nitrogens is 1. The van der Waals surface area contributed by atoms with Crippen molar-refractivity contribution in [3.05, 3.63) is 27.9 Å². The van der Waals surface area contributed by atoms with Gasteiger partial charge in [-0.05, 0) is 25.7 Å². The summed E-state index contributed by atoms with van der Waals surface area (Å²) in [6.45, 7) is 7.24. The number of carbonyl (C=O) groups excluding carboxylic acids is 1. The summed E-state index contributed by atoms with van der Waals surface area (Å²) in [4.78, 5) is 26.3. The summed E-state index contributed by atoms with van der Waals surface area (Å²) >= 11 is 0. The molecule has 1 aromatic rings. The molecule has 116 valence electrons. The molecule has 2 N–H and O–H groups in total. The molecule has 1 rings (SSSR count). The van der Waals surface area contributed by atoms with Crippen molar-refractivity contribution < 1.29 is 9.72 Å². The first-order valence-electron chi connectivity index (χ1n) is 7.12. The lowest BCUT2D eigenvalue weighted by atomic mass is 10.1. The fourth-order valence-electron chi connectivity index (χ4n) is 1.84. The fraction of sp³-hybridized carbons (Fsp3) is 0.571. The summed E-state index contributed by atoms with van der Waals surface area (Å²) in [7, 11) is 0. The number of hydrogen-bond donors (Lipinski definition) is 2. The first-order valence-corrected chi connectivity index (χ1v) is 7.12. The van der Waals surface area contributed by atoms with Gasteiger partial charge >= 0.3 is 0 Å². The van der Waals surface area contributed by atoms with Crippen LogP contribution < -0.4 is 10.6 Å². The van der Waals surface area contributed by atoms with E-state index in [1.165, 1.54) is 6.07 Å². The van der Waals surface area contributed by atoms with Gasteiger partial charge in [-0.3, -0.25) is 14.9 Å². The summed E-state index contributed by atoms with van der Waals surface area (Å²) in [5, 5.41) is 16.5. The van der Waals surface area contributed by atoms with Crippen molar-refractivity contribution in [2.45, 2.75) is 33.6 Å². The summed E-state index contributed by atoms with van der Waals surface area (Å²) in [5.74, 6) is 0.606. The molecule has 1 heterocycles. The Bertz CT molecular complexity index is 503. The zero-order valence-electron chi connectivity index (χ0n) is 12.7. The molecule has 0 saturated carbocycles. The molecular weight excluding hydrogens is 272 g/mol. The molecule has 0 aliphatic rings. The second-order valence-electron chi connectivity index (χ2n) is 5.17. The largest absolute Gasteiger partial charge is 0.370 e. The van der Waals surface area contributed by atoms with Gasteiger partial charge in [-0.15, -0.1) is 0 Å². The maximum absolute atomic E-state index is 12.1. The van der Waals surface area contributed by atoms with Crippen LogP contribution in [0.2, 0.25) is 0 Å². The minimum absolute atomic E-state index is 0.191. The first-order chi connectivity index (χ1) is 9.95. The van der Waals surface area contributed by atoms with E-state index in [0.29, 0.717) is 24.8 Å². The van der Waals surface area contributed by atoms with Crippen molar-refractivity contribution in [3.8, 4) is 0 Å². The smallest absolute Gasteiger partial charge is 0.288 e. The minimum atomic E-state index is -0.557. The highest BCUT2D eigenvalue weighted by Gasteiger charge is 2.17. The predicted octanol–water partition coefficient (Wildman–Crippen LogP) is 2.59. The zero-order chi connectivity index (χ0) is 15.8. The standard InChI is InChI=1S/C14H22N4O3/c1-4-15-13-12(8-11(9-17-13)18(20)21)14(19)16-7-5-6-10(2)3/h8-10H,4-7H2,1-3H3,(H,15,17)(H,16,19). The van der Waals surface area contributed by atoms with Gasteiger partial charge in [0.2, 0.25) is 0 Å². The Morgan fingerprint density at radius 1 is 1.48 bits per heavy atom. The third-order valence-corrected chi connectivity index (χ3v) is 2.92. The van der Waals surface area contributed by atoms with Crippen LogP contribution in [0.3, 0.4) is 0 Å². The molecular formula is C14H22N4O3. The topological polar surface area (TPSA) is 97.2 Å². The van der Waals surface area contributed by atoms with Gasteiger partial charge in [-0.2, -0.15) is 0 Å². The van der Waals surface area contributed by atoms with E-state index in [1.807, 2.05) is 6.92 Å². The van der Waals surface area contributed by atoms with Crippen LogP contribution >= 0.6 is 0 Å². The second-order valence-corrected chi connectivity index (χ2v) is 5.17. The van der Waals surface area contributed by atoms with Gasteiger partial charge in [0.15, 0.2) is 0 Å². The number of amides is 1. The molecule has 0 unspecified atom stereocenters. The number of carbonyl (C=O) groups is 1. The van der Waals surface area contributed by atoms with Gasteiger partial charge in [0.1, 0.15) is 12.0 Å². The van der Waals surface area contributed by atoms with Crippen molar-refractivity contribution in [1.29, 1.82) is 0 Å². The molecule has 0 saturated heterocycles. The van der Waals surface area contributed by atoms with Crippen molar-refractivity contribution in [2.75, 3.05) is 18.4 Å². The maximum atomic E-state index is 12.1. The molecule has 21 heavy (non-hydrogen) atoms. The van der Waals surface area contributed by atoms with E-state index in [2.05, 4.69) is 29.5 Å². The predicted molar refractivity (Wildman–Crippen MR) is 81.5 cm³/mol. The van der Waals surface area contributed by atoms with Gasteiger partial charge in [0, 0.05) is 19.2 Å². The lowest BCUT2D eigenvalue weighted by molar-refractivity contribution is -0.385. The molecule has 0 fully saturated rings. The van der Waals surface area contributed by atoms with Crippen molar-refractivity contribution in [3.63, 3.8) is 0 Å². The third-order valence-electron chi connectivity index (χ3n) is 2.92. The number of nitrogens with one attached hydrogen (secondary N) is 2. The molecule has 7 nitrogen and oxygen atoms in total. The van der Waals surface area contributed by atoms with E-state index in [1.54, 1.807) is 0 Å². The van der Waals surface area contributed by atoms with E-state index < -0.39 is 4.92 Å². The van der Waals surface area contributed by atoms with E-state index in [0.717, 1.165) is 19.0 Å². The Hall–Kier alpha value is -2.18. The molecule has 7 heteroatoms. The molecule has 1 amide bonds. The summed E-state index contributed by atoms with van der Waals surface area (Å²) < 4.78 is 0. The van der Waals surface area contributed by atoms with Crippen LogP contribution in [0.25, 0.3) is 0 Å². The first kappa shape index (κ1) is 16.9. The molecule has 0 aliphatic carbocycles. The van der Waals surface area contributed by atoms with Gasteiger partial charge < -0.3 is 10.6 Å². The van der Waals surface area contributed by atoms with Gasteiger partial charge in [0.25, 0.3) is 11.6 Å². The second kappa shape index (κ2) is 8.18. The highest BCUT2D eigenvalue weighted by Crippen LogP contribution is 2.19. The lowest BCUT2D eigenvalue weighted by Gasteiger charge is -2.10. The lowest BCUT2D eigenvalue weighted by Crippen LogP contribution is -2.26.